The maximum Gasteiger partial charge on any atom is 0.505 e. The summed E-state index contributed by atoms with van der Waals surface area (Å²) in [4.78, 5) is 95.4. The van der Waals surface area contributed by atoms with Crippen molar-refractivity contribution in [1.29, 1.82) is 0 Å². The van der Waals surface area contributed by atoms with Gasteiger partial charge in [-0.2, -0.15) is 9.56 Å². The Morgan fingerprint density at radius 3 is 2.48 bits per heavy atom. The van der Waals surface area contributed by atoms with Crippen molar-refractivity contribution >= 4 is 62.4 Å². The lowest BCUT2D eigenvalue weighted by atomic mass is 9.82. The molecule has 4 heterocycles. The van der Waals surface area contributed by atoms with Crippen LogP contribution >= 0.6 is 20.8 Å². The molecule has 5 N–H and O–H groups in total. The number of pyridine rings is 1. The number of carbonyl (C=O) groups excluding carboxylic acids is 4. The van der Waals surface area contributed by atoms with Crippen LogP contribution in [0.1, 0.15) is 128 Å². The number of carboxylic acid groups (broad SMARTS) is 2. The van der Waals surface area contributed by atoms with E-state index in [1.54, 1.807) is 19.1 Å². The molecule has 2 saturated heterocycles. The van der Waals surface area contributed by atoms with Crippen molar-refractivity contribution in [3.63, 3.8) is 0 Å². The molecule has 2 aromatic rings. The van der Waals surface area contributed by atoms with Crippen LogP contribution in [0.2, 0.25) is 0 Å². The minimum absolute atomic E-state index is 0.00505. The van der Waals surface area contributed by atoms with Crippen LogP contribution in [0.5, 0.6) is 11.5 Å². The van der Waals surface area contributed by atoms with E-state index in [4.69, 9.17) is 53.3 Å². The van der Waals surface area contributed by atoms with E-state index in [2.05, 4.69) is 41.9 Å². The molecule has 1 aromatic heterocycles. The Morgan fingerprint density at radius 2 is 1.80 bits per heavy atom. The molecule has 6 atom stereocenters. The number of hydrogen-bond acceptors (Lipinski definition) is 19. The van der Waals surface area contributed by atoms with E-state index in [1.807, 2.05) is 37.8 Å². The van der Waals surface area contributed by atoms with E-state index in [9.17, 15) is 33.9 Å². The highest BCUT2D eigenvalue weighted by Crippen LogP contribution is 2.37. The number of fused-ring (bicyclic) bond motifs is 1. The molecule has 0 radical (unpaired) electrons. The number of rotatable bonds is 36. The lowest BCUT2D eigenvalue weighted by Crippen LogP contribution is -2.47. The first kappa shape index (κ1) is 69.9. The van der Waals surface area contributed by atoms with Gasteiger partial charge in [0.15, 0.2) is 20.9 Å². The number of nitrogens with one attached hydrogen (secondary N) is 2. The molecule has 4 amide bonds. The van der Waals surface area contributed by atoms with Crippen molar-refractivity contribution in [2.24, 2.45) is 11.8 Å². The number of aromatic nitrogens is 1. The van der Waals surface area contributed by atoms with Crippen LogP contribution in [0, 0.1) is 11.8 Å². The summed E-state index contributed by atoms with van der Waals surface area (Å²) in [6, 6.07) is 9.43. The van der Waals surface area contributed by atoms with Gasteiger partial charge in [0, 0.05) is 57.1 Å². The van der Waals surface area contributed by atoms with Gasteiger partial charge in [0.05, 0.1) is 51.4 Å². The highest BCUT2D eigenvalue weighted by molar-refractivity contribution is 8.00. The van der Waals surface area contributed by atoms with Crippen molar-refractivity contribution < 1.29 is 86.9 Å². The first-order chi connectivity index (χ1) is 39.0. The topological polar surface area (TPSA) is 290 Å². The first-order valence-electron chi connectivity index (χ1n) is 28.0. The van der Waals surface area contributed by atoms with Gasteiger partial charge in [0.2, 0.25) is 23.5 Å². The van der Waals surface area contributed by atoms with Crippen LogP contribution in [-0.2, 0) is 70.0 Å². The van der Waals surface area contributed by atoms with Gasteiger partial charge in [0.25, 0.3) is 5.91 Å². The number of likely N-dealkylation sites (tertiary alicyclic amines) is 2. The minimum Gasteiger partial charge on any atom is -0.493 e. The second-order valence-electron chi connectivity index (χ2n) is 19.5. The number of amides is 4. The van der Waals surface area contributed by atoms with Crippen LogP contribution in [0.3, 0.4) is 0 Å². The van der Waals surface area contributed by atoms with E-state index in [0.29, 0.717) is 68.5 Å². The molecule has 6 unspecified atom stereocenters. The van der Waals surface area contributed by atoms with Crippen molar-refractivity contribution in [2.45, 2.75) is 141 Å². The minimum atomic E-state index is -1.41. The Labute approximate surface area is 482 Å². The molecule has 81 heavy (non-hydrogen) atoms. The number of aryl methyl sites for hydroxylation is 2. The number of imide groups is 1. The zero-order valence-corrected chi connectivity index (χ0v) is 50.1. The zero-order chi connectivity index (χ0) is 59.6. The van der Waals surface area contributed by atoms with E-state index in [1.165, 1.54) is 30.7 Å². The van der Waals surface area contributed by atoms with Crippen LogP contribution in [-0.4, -0.2) is 168 Å². The molecule has 3 aliphatic rings. The van der Waals surface area contributed by atoms with E-state index < -0.39 is 38.1 Å². The molecular weight excluding hydrogens is 1090 g/mol. The molecule has 0 saturated carbocycles. The van der Waals surface area contributed by atoms with Gasteiger partial charge < -0.3 is 59.2 Å². The van der Waals surface area contributed by atoms with Crippen LogP contribution < -0.4 is 20.3 Å². The molecule has 0 spiro atoms. The van der Waals surface area contributed by atoms with E-state index in [-0.39, 0.29) is 94.4 Å². The standard InChI is InChI=1S/C35H46N4O9S.C19H36NO9P.C2H6/c1-46-29-20-25(5-8-28(29)48-47-17-18-49-30-22-32(42)39(15-16-40)35(30)45)26(21-33(43)44)19-23-10-13-38(14-11-23)31(41)9-7-27-6-4-24-3-2-12-36-34(24)37-27;1-6-15(4)9-11-26-19(5,7-2)17(21)20-10-12-27-29-30-28-14-16(24-8-3)13-25-18(22)23;1-2/h4-6,8,20,23,26,30,40H,2-3,7,9-19,21-22H2,1H3,(H,36,37)(H,43,44);8,15-16,30H,3,6-7,9-14H2,1-2,4-5H3,(H,20,21)(H,22,23);1-2H3. The second kappa shape index (κ2) is 39.2. The molecule has 456 valence electrons. The number of thioether (sulfide) groups is 1. The summed E-state index contributed by atoms with van der Waals surface area (Å²) in [5.41, 5.74) is 2.10. The van der Waals surface area contributed by atoms with E-state index in [0.717, 1.165) is 67.0 Å². The van der Waals surface area contributed by atoms with Gasteiger partial charge in [-0.3, -0.25) is 28.9 Å². The summed E-state index contributed by atoms with van der Waals surface area (Å²) in [5.74, 6) is 1.14. The molecule has 1 aromatic carbocycles. The average molecular weight is 1180 g/mol. The van der Waals surface area contributed by atoms with Gasteiger partial charge in [-0.25, -0.2) is 14.7 Å². The number of methoxy groups -OCH3 is 1. The van der Waals surface area contributed by atoms with Gasteiger partial charge in [-0.05, 0) is 105 Å². The zero-order valence-electron chi connectivity index (χ0n) is 48.2. The average Bonchev–Trinajstić information content (AvgIpc) is 3.74. The molecule has 5 rings (SSSR count). The normalized spacial score (nSPS) is 17.0. The predicted octanol–water partition coefficient (Wildman–Crippen LogP) is 7.88. The third-order valence-corrected chi connectivity index (χ3v) is 15.5. The highest BCUT2D eigenvalue weighted by Gasteiger charge is 2.38. The molecule has 23 nitrogen and oxygen atoms in total. The Hall–Kier alpha value is -5.33. The number of benzene rings is 1. The maximum atomic E-state index is 13.0. The van der Waals surface area contributed by atoms with Gasteiger partial charge in [-0.1, -0.05) is 59.8 Å². The third-order valence-electron chi connectivity index (χ3n) is 13.8. The van der Waals surface area contributed by atoms with Gasteiger partial charge >= 0.3 is 12.1 Å². The second-order valence-corrected chi connectivity index (χ2v) is 21.4. The fraction of sp³-hybridized carbons (Fsp3) is 0.661. The number of piperidine rings is 1. The number of nitrogens with zero attached hydrogens (tertiary/aromatic N) is 3. The number of aliphatic hydroxyl groups excluding tert-OH is 1. The lowest BCUT2D eigenvalue weighted by molar-refractivity contribution is -0.202. The fourth-order valence-electron chi connectivity index (χ4n) is 8.78. The predicted molar refractivity (Wildman–Crippen MR) is 306 cm³/mol. The lowest BCUT2D eigenvalue weighted by Gasteiger charge is -2.34. The largest absolute Gasteiger partial charge is 0.505 e. The number of β-amino-alcohol motifs (C(OH)–C–C–N with tert-alkyl or cyclic N) is 1. The summed E-state index contributed by atoms with van der Waals surface area (Å²) in [5, 5.41) is 32.9. The number of hydrogen-bond donors (Lipinski definition) is 5. The number of carbonyl (C=O) groups is 6. The van der Waals surface area contributed by atoms with Crippen LogP contribution in [0.4, 0.5) is 10.6 Å². The summed E-state index contributed by atoms with van der Waals surface area (Å²) in [6.45, 7) is 18.2. The fourth-order valence-corrected chi connectivity index (χ4v) is 10.2. The van der Waals surface area contributed by atoms with Crippen LogP contribution in [0.25, 0.3) is 0 Å². The molecule has 0 bridgehead atoms. The van der Waals surface area contributed by atoms with Crippen molar-refractivity contribution in [3.05, 3.63) is 60.0 Å². The van der Waals surface area contributed by atoms with Gasteiger partial charge in [-0.15, -0.1) is 11.8 Å². The number of ether oxygens (including phenoxy) is 4. The molecule has 0 aliphatic carbocycles. The molecule has 3 aliphatic heterocycles. The summed E-state index contributed by atoms with van der Waals surface area (Å²) < 4.78 is 30.9. The quantitative estimate of drug-likeness (QED) is 0.00824. The van der Waals surface area contributed by atoms with E-state index >= 15 is 0 Å². The first-order valence-corrected chi connectivity index (χ1v) is 29.9. The SMILES string of the molecule is C=COC(COPOOCCNC(=O)C(C)(CC)OCCC(C)CC)COC(=O)O.CC.COc1cc(C(CC(=O)O)CC2CCN(C(=O)CCc3ccc4c(n3)NCCC4)CC2)ccc1OOCCSC1CC(=O)N(CCO)C1=O. The number of anilines is 1. The molecule has 2 fully saturated rings. The molecule has 25 heteroatoms. The maximum absolute atomic E-state index is 13.0. The Morgan fingerprint density at radius 1 is 1.04 bits per heavy atom. The number of aliphatic hydroxyl groups is 1. The molecular formula is C56H88N5O18PS. The summed E-state index contributed by atoms with van der Waals surface area (Å²) in [7, 11) is 1.04. The summed E-state index contributed by atoms with van der Waals surface area (Å²) >= 11 is 1.29. The smallest absolute Gasteiger partial charge is 0.493 e. The Balaban J connectivity index is 0.000000464. The highest BCUT2D eigenvalue weighted by atomic mass is 32.2. The van der Waals surface area contributed by atoms with Crippen molar-refractivity contribution in [2.75, 3.05) is 90.5 Å². The van der Waals surface area contributed by atoms with Gasteiger partial charge in [0.1, 0.15) is 24.6 Å². The monoisotopic (exact) mass is 1180 g/mol. The van der Waals surface area contributed by atoms with Crippen molar-refractivity contribution in [3.8, 4) is 11.5 Å². The van der Waals surface area contributed by atoms with Crippen molar-refractivity contribution in [1.82, 2.24) is 20.1 Å². The number of carboxylic acids is 1. The summed E-state index contributed by atoms with van der Waals surface area (Å²) in [6.07, 6.45) is 7.21. The Kier molecular flexibility index (Phi) is 33.9. The Bertz CT molecular complexity index is 2240. The third kappa shape index (κ3) is 25.4. The van der Waals surface area contributed by atoms with Crippen LogP contribution in [0.15, 0.2) is 43.2 Å². The number of aliphatic carboxylic acids is 1.